The van der Waals surface area contributed by atoms with Gasteiger partial charge in [0, 0.05) is 11.0 Å². The van der Waals surface area contributed by atoms with Gasteiger partial charge >= 0.3 is 0 Å². The summed E-state index contributed by atoms with van der Waals surface area (Å²) in [5, 5.41) is 4.31. The van der Waals surface area contributed by atoms with Gasteiger partial charge in [-0.15, -0.1) is 0 Å². The number of hydrogen-bond acceptors (Lipinski definition) is 3. The van der Waals surface area contributed by atoms with Gasteiger partial charge in [-0.3, -0.25) is 0 Å². The van der Waals surface area contributed by atoms with Gasteiger partial charge in [-0.05, 0) is 24.6 Å². The molecule has 2 nitrogen and oxygen atoms in total. The van der Waals surface area contributed by atoms with E-state index in [4.69, 9.17) is 0 Å². The number of nitrogens with zero attached hydrogens (tertiary/aromatic N) is 1. The maximum absolute atomic E-state index is 4.48. The van der Waals surface area contributed by atoms with Crippen LogP contribution in [0.1, 0.15) is 13.3 Å². The Hall–Kier alpha value is -0.610. The van der Waals surface area contributed by atoms with E-state index in [9.17, 15) is 0 Å². The first-order chi connectivity index (χ1) is 6.79. The Morgan fingerprint density at radius 2 is 2.36 bits per heavy atom. The van der Waals surface area contributed by atoms with E-state index >= 15 is 0 Å². The standard InChI is InChI=1S/C10H11BrN2S/c1-2-5-12-10-13-8-4-3-7(11)6-9(8)14-10/h3-4,6H,2,5H2,1H3,(H,12,13). The molecule has 14 heavy (non-hydrogen) atoms. The van der Waals surface area contributed by atoms with Crippen molar-refractivity contribution in [2.45, 2.75) is 13.3 Å². The van der Waals surface area contributed by atoms with Crippen LogP contribution in [0.15, 0.2) is 22.7 Å². The number of fused-ring (bicyclic) bond motifs is 1. The zero-order valence-corrected chi connectivity index (χ0v) is 10.3. The van der Waals surface area contributed by atoms with Crippen molar-refractivity contribution in [2.24, 2.45) is 0 Å². The molecule has 1 N–H and O–H groups in total. The lowest BCUT2D eigenvalue weighted by atomic mass is 10.3. The highest BCUT2D eigenvalue weighted by Crippen LogP contribution is 2.28. The van der Waals surface area contributed by atoms with Crippen molar-refractivity contribution < 1.29 is 0 Å². The molecule has 74 valence electrons. The number of nitrogens with one attached hydrogen (secondary N) is 1. The van der Waals surface area contributed by atoms with Crippen LogP contribution in [-0.4, -0.2) is 11.5 Å². The molecule has 0 saturated carbocycles. The fraction of sp³-hybridized carbons (Fsp3) is 0.300. The highest BCUT2D eigenvalue weighted by atomic mass is 79.9. The first kappa shape index (κ1) is 9.93. The fourth-order valence-corrected chi connectivity index (χ4v) is 2.65. The van der Waals surface area contributed by atoms with E-state index in [0.717, 1.165) is 28.1 Å². The predicted octanol–water partition coefficient (Wildman–Crippen LogP) is 3.88. The lowest BCUT2D eigenvalue weighted by Crippen LogP contribution is -1.98. The summed E-state index contributed by atoms with van der Waals surface area (Å²) in [5.41, 5.74) is 1.07. The Kier molecular flexibility index (Phi) is 3.03. The van der Waals surface area contributed by atoms with Crippen molar-refractivity contribution in [3.8, 4) is 0 Å². The van der Waals surface area contributed by atoms with Crippen molar-refractivity contribution in [1.29, 1.82) is 0 Å². The Morgan fingerprint density at radius 3 is 3.14 bits per heavy atom. The number of benzene rings is 1. The van der Waals surface area contributed by atoms with Gasteiger partial charge in [0.15, 0.2) is 5.13 Å². The number of thiazole rings is 1. The molecule has 0 aliphatic carbocycles. The molecule has 0 unspecified atom stereocenters. The Labute approximate surface area is 95.5 Å². The maximum Gasteiger partial charge on any atom is 0.183 e. The van der Waals surface area contributed by atoms with Crippen molar-refractivity contribution in [3.63, 3.8) is 0 Å². The monoisotopic (exact) mass is 270 g/mol. The average Bonchev–Trinajstić information content (AvgIpc) is 2.56. The quantitative estimate of drug-likeness (QED) is 0.916. The molecule has 0 aliphatic heterocycles. The molecular formula is C10H11BrN2S. The van der Waals surface area contributed by atoms with E-state index < -0.39 is 0 Å². The van der Waals surface area contributed by atoms with Gasteiger partial charge in [-0.1, -0.05) is 34.2 Å². The molecule has 4 heteroatoms. The lowest BCUT2D eigenvalue weighted by Gasteiger charge is -1.95. The van der Waals surface area contributed by atoms with Crippen LogP contribution in [0.3, 0.4) is 0 Å². The van der Waals surface area contributed by atoms with Crippen LogP contribution in [0.4, 0.5) is 5.13 Å². The minimum absolute atomic E-state index is 0.987. The fourth-order valence-electron chi connectivity index (χ4n) is 1.21. The molecule has 0 fully saturated rings. The molecule has 1 heterocycles. The normalized spacial score (nSPS) is 10.7. The third-order valence-electron chi connectivity index (χ3n) is 1.88. The smallest absolute Gasteiger partial charge is 0.183 e. The van der Waals surface area contributed by atoms with Crippen LogP contribution >= 0.6 is 27.3 Å². The minimum atomic E-state index is 0.987. The summed E-state index contributed by atoms with van der Waals surface area (Å²) < 4.78 is 2.33. The van der Waals surface area contributed by atoms with Gasteiger partial charge in [-0.25, -0.2) is 4.98 Å². The molecule has 0 saturated heterocycles. The lowest BCUT2D eigenvalue weighted by molar-refractivity contribution is 0.977. The maximum atomic E-state index is 4.48. The summed E-state index contributed by atoms with van der Waals surface area (Å²) in [7, 11) is 0. The van der Waals surface area contributed by atoms with E-state index in [-0.39, 0.29) is 0 Å². The number of halogens is 1. The van der Waals surface area contributed by atoms with Crippen LogP contribution in [0.2, 0.25) is 0 Å². The van der Waals surface area contributed by atoms with E-state index in [2.05, 4.69) is 39.2 Å². The molecule has 0 bridgehead atoms. The van der Waals surface area contributed by atoms with Crippen molar-refractivity contribution in [3.05, 3.63) is 22.7 Å². The number of rotatable bonds is 3. The summed E-state index contributed by atoms with van der Waals surface area (Å²) >= 11 is 5.15. The zero-order chi connectivity index (χ0) is 9.97. The van der Waals surface area contributed by atoms with E-state index in [1.165, 1.54) is 4.70 Å². The number of aromatic nitrogens is 1. The van der Waals surface area contributed by atoms with E-state index in [0.29, 0.717) is 0 Å². The third kappa shape index (κ3) is 2.07. The topological polar surface area (TPSA) is 24.9 Å². The molecule has 0 aliphatic rings. The summed E-state index contributed by atoms with van der Waals surface area (Å²) in [6, 6.07) is 6.16. The molecule has 2 rings (SSSR count). The van der Waals surface area contributed by atoms with Gasteiger partial charge < -0.3 is 5.32 Å². The first-order valence-electron chi connectivity index (χ1n) is 4.59. The summed E-state index contributed by atoms with van der Waals surface area (Å²) in [6.07, 6.45) is 1.12. The second-order valence-electron chi connectivity index (χ2n) is 3.06. The highest BCUT2D eigenvalue weighted by Gasteiger charge is 2.02. The molecule has 0 atom stereocenters. The average molecular weight is 271 g/mol. The highest BCUT2D eigenvalue weighted by molar-refractivity contribution is 9.10. The van der Waals surface area contributed by atoms with Crippen molar-refractivity contribution in [2.75, 3.05) is 11.9 Å². The second kappa shape index (κ2) is 4.28. The van der Waals surface area contributed by atoms with Crippen LogP contribution < -0.4 is 5.32 Å². The Morgan fingerprint density at radius 1 is 1.50 bits per heavy atom. The Balaban J connectivity index is 2.32. The number of hydrogen-bond donors (Lipinski definition) is 1. The van der Waals surface area contributed by atoms with Crippen LogP contribution in [0.5, 0.6) is 0 Å². The molecule has 1 aromatic heterocycles. The first-order valence-corrected chi connectivity index (χ1v) is 6.20. The van der Waals surface area contributed by atoms with Gasteiger partial charge in [0.1, 0.15) is 0 Å². The summed E-state index contributed by atoms with van der Waals surface area (Å²) in [5.74, 6) is 0. The molecule has 0 radical (unpaired) electrons. The molecule has 1 aromatic carbocycles. The van der Waals surface area contributed by atoms with Gasteiger partial charge in [0.2, 0.25) is 0 Å². The largest absolute Gasteiger partial charge is 0.361 e. The molecule has 2 aromatic rings. The van der Waals surface area contributed by atoms with Crippen LogP contribution in [-0.2, 0) is 0 Å². The predicted molar refractivity (Wildman–Crippen MR) is 66.1 cm³/mol. The molecular weight excluding hydrogens is 260 g/mol. The third-order valence-corrected chi connectivity index (χ3v) is 3.35. The van der Waals surface area contributed by atoms with Crippen molar-refractivity contribution >= 4 is 42.6 Å². The summed E-state index contributed by atoms with van der Waals surface area (Å²) in [6.45, 7) is 3.14. The Bertz CT molecular complexity index is 439. The van der Waals surface area contributed by atoms with Crippen molar-refractivity contribution in [1.82, 2.24) is 4.98 Å². The zero-order valence-electron chi connectivity index (χ0n) is 7.88. The van der Waals surface area contributed by atoms with Gasteiger partial charge in [0.05, 0.1) is 10.2 Å². The van der Waals surface area contributed by atoms with Gasteiger partial charge in [-0.2, -0.15) is 0 Å². The minimum Gasteiger partial charge on any atom is -0.361 e. The van der Waals surface area contributed by atoms with E-state index in [1.54, 1.807) is 11.3 Å². The van der Waals surface area contributed by atoms with Crippen LogP contribution in [0.25, 0.3) is 10.2 Å². The van der Waals surface area contributed by atoms with Gasteiger partial charge in [0.25, 0.3) is 0 Å². The van der Waals surface area contributed by atoms with Crippen LogP contribution in [0, 0.1) is 0 Å². The van der Waals surface area contributed by atoms with E-state index in [1.807, 2.05) is 12.1 Å². The SMILES string of the molecule is CCCNc1nc2ccc(Br)cc2s1. The summed E-state index contributed by atoms with van der Waals surface area (Å²) in [4.78, 5) is 4.48. The molecule has 0 amide bonds. The molecule has 0 spiro atoms. The second-order valence-corrected chi connectivity index (χ2v) is 5.00. The number of anilines is 1.